The van der Waals surface area contributed by atoms with Gasteiger partial charge in [0.25, 0.3) is 5.79 Å². The minimum absolute atomic E-state index is 0.152. The first-order valence-electron chi connectivity index (χ1n) is 42.8. The van der Waals surface area contributed by atoms with E-state index in [2.05, 4.69) is 35.1 Å². The molecule has 6 aliphatic rings. The van der Waals surface area contributed by atoms with Crippen LogP contribution in [0, 0.1) is 0 Å². The summed E-state index contributed by atoms with van der Waals surface area (Å²) in [4.78, 5) is 65.8. The van der Waals surface area contributed by atoms with Gasteiger partial charge in [0, 0.05) is 26.7 Å². The van der Waals surface area contributed by atoms with E-state index in [9.17, 15) is 126 Å². The van der Waals surface area contributed by atoms with Gasteiger partial charge in [0.15, 0.2) is 31.5 Å². The van der Waals surface area contributed by atoms with E-state index >= 15 is 0 Å². The number of allylic oxidation sites excluding steroid dienone is 1. The first kappa shape index (κ1) is 105. The average molecular weight is 1740 g/mol. The number of aliphatic carboxylic acids is 1. The van der Waals surface area contributed by atoms with Crippen LogP contribution in [0.1, 0.15) is 201 Å². The molecule has 24 N–H and O–H groups in total. The minimum Gasteiger partial charge on any atom is -0.477 e. The number of carboxylic acids is 1. The smallest absolute Gasteiger partial charge is 0.364 e. The van der Waals surface area contributed by atoms with Gasteiger partial charge in [-0.15, -0.1) is 0 Å². The van der Waals surface area contributed by atoms with Crippen molar-refractivity contribution in [2.24, 2.45) is 0 Å². The van der Waals surface area contributed by atoms with Crippen molar-refractivity contribution in [3.05, 3.63) is 12.2 Å². The maximum absolute atomic E-state index is 13.8. The van der Waals surface area contributed by atoms with Crippen LogP contribution in [0.2, 0.25) is 0 Å². The Bertz CT molecular complexity index is 2940. The van der Waals surface area contributed by atoms with E-state index in [1.54, 1.807) is 6.08 Å². The van der Waals surface area contributed by atoms with Crippen molar-refractivity contribution in [2.45, 2.75) is 403 Å². The van der Waals surface area contributed by atoms with Crippen LogP contribution in [0.25, 0.3) is 0 Å². The maximum Gasteiger partial charge on any atom is 0.364 e. The molecular formula is C79H140N4O37. The summed E-state index contributed by atoms with van der Waals surface area (Å²) in [6.45, 7) is -2.32. The van der Waals surface area contributed by atoms with Gasteiger partial charge in [-0.05, 0) is 19.3 Å². The third kappa shape index (κ3) is 30.6. The van der Waals surface area contributed by atoms with Gasteiger partial charge in [-0.3, -0.25) is 19.2 Å². The van der Waals surface area contributed by atoms with Gasteiger partial charge in [-0.1, -0.05) is 167 Å². The molecule has 6 heterocycles. The Balaban J connectivity index is 1.20. The van der Waals surface area contributed by atoms with Gasteiger partial charge in [0.2, 0.25) is 23.6 Å². The Kier molecular flexibility index (Phi) is 47.2. The molecule has 0 aliphatic carbocycles. The number of ether oxygens (including phenoxy) is 12. The topological polar surface area (TPSA) is 649 Å². The normalized spacial score (nSPS) is 36.0. The van der Waals surface area contributed by atoms with Crippen molar-refractivity contribution < 1.29 is 183 Å². The number of carbonyl (C=O) groups is 5. The Morgan fingerprint density at radius 2 is 0.867 bits per heavy atom. The highest BCUT2D eigenvalue weighted by molar-refractivity contribution is 5.78. The Morgan fingerprint density at radius 3 is 1.36 bits per heavy atom. The molecule has 6 aliphatic heterocycles. The van der Waals surface area contributed by atoms with Gasteiger partial charge in [0.1, 0.15) is 147 Å². The van der Waals surface area contributed by atoms with Crippen LogP contribution in [0.3, 0.4) is 0 Å². The zero-order valence-electron chi connectivity index (χ0n) is 69.3. The fourth-order valence-corrected chi connectivity index (χ4v) is 15.9. The standard InChI is InChI=1S/C79H140N4O37/c1-5-7-9-11-13-15-17-19-21-23-25-27-29-31-45(93)44(82-53(96)32-30-28-26-24-22-20-18-16-14-12-10-8-6-2)41-109-75-64(104)62(102)68(50(37-87)112-75)116-76-65(105)63(103)67(51(38-88)113-76)115-74-57(81-43(4)92)70(60(100)49(36-86)111-74)118-77-66(106)72(69(52(39-89)114-77)117-73-56(80-42(3)91)61(101)59(99)48(35-85)110-73)120-79(78(107)108)33-46(94)55(83-54(97)40-90)71(119-79)58(98)47(95)34-84/h29,31,44-52,55-77,84-90,93-95,98-106H,5-28,30,32-41H2,1-4H3,(H,80,91)(H,81,92)(H,82,96)(H,83,97)(H,107,108)/b31-29+/t44-,45+,46?,47+,48?,49?,50?,51?,52?,55+,56?,57?,58+,59-,60-,61+,62+,63+,64?,65?,66?,67-,68+,69-,70+,71?,72+,73-,74-,75+,76-,77-,79-/m0/s1. The summed E-state index contributed by atoms with van der Waals surface area (Å²) in [6, 6.07) is -6.88. The molecule has 12 unspecified atom stereocenters. The van der Waals surface area contributed by atoms with Crippen LogP contribution in [0.5, 0.6) is 0 Å². The number of aliphatic hydroxyl groups is 19. The SMILES string of the molecule is CCCCCCCCCCCCC/C=C/[C@@H](O)[C@H](CO[C@@H]1OC(CO)[C@@H](O[C@@H]2OC(CO)[C@H](O[C@@H]3OC(CO)[C@H](O)[C@H](O[C@@H]4OC(CO)[C@H](O[C@@H]5OC(CO)[C@H](O)[C@H](O)C5NC(C)=O)[C@H](O[C@]5(C(=O)O)CC(O)[C@@H](NC(=O)CO)C([C@H](O)[C@H](O)CO)O5)C4O)C3NC(C)=O)[C@H](O)C2O)[C@H](O)C1O)NC(=O)CCCCCCCCCCCCCCC. The third-order valence-corrected chi connectivity index (χ3v) is 22.7. The van der Waals surface area contributed by atoms with Crippen LogP contribution in [-0.4, -0.2) is 386 Å². The van der Waals surface area contributed by atoms with Crippen molar-refractivity contribution in [2.75, 3.05) is 52.9 Å². The lowest BCUT2D eigenvalue weighted by atomic mass is 9.88. The maximum atomic E-state index is 13.8. The predicted molar refractivity (Wildman–Crippen MR) is 415 cm³/mol. The zero-order chi connectivity index (χ0) is 88.3. The second-order valence-corrected chi connectivity index (χ2v) is 32.1. The van der Waals surface area contributed by atoms with E-state index in [1.165, 1.54) is 89.9 Å². The highest BCUT2D eigenvalue weighted by Gasteiger charge is 2.63. The highest BCUT2D eigenvalue weighted by Crippen LogP contribution is 2.42. The third-order valence-electron chi connectivity index (χ3n) is 22.7. The van der Waals surface area contributed by atoms with Gasteiger partial charge >= 0.3 is 5.97 Å². The largest absolute Gasteiger partial charge is 0.477 e. The fourth-order valence-electron chi connectivity index (χ4n) is 15.9. The lowest BCUT2D eigenvalue weighted by molar-refractivity contribution is -0.400. The Morgan fingerprint density at radius 1 is 0.442 bits per heavy atom. The molecule has 0 spiro atoms. The monoisotopic (exact) mass is 1740 g/mol. The van der Waals surface area contributed by atoms with Crippen LogP contribution in [0.4, 0.5) is 0 Å². The summed E-state index contributed by atoms with van der Waals surface area (Å²) in [7, 11) is 0. The molecule has 33 atom stereocenters. The molecule has 0 radical (unpaired) electrons. The lowest BCUT2D eigenvalue weighted by Crippen LogP contribution is -2.72. The van der Waals surface area contributed by atoms with E-state index in [0.717, 1.165) is 71.6 Å². The molecule has 6 saturated heterocycles. The highest BCUT2D eigenvalue weighted by atomic mass is 16.8. The molecule has 0 aromatic heterocycles. The molecule has 698 valence electrons. The zero-order valence-corrected chi connectivity index (χ0v) is 69.3. The van der Waals surface area contributed by atoms with E-state index in [0.29, 0.717) is 12.8 Å². The van der Waals surface area contributed by atoms with Crippen molar-refractivity contribution >= 4 is 29.6 Å². The predicted octanol–water partition coefficient (Wildman–Crippen LogP) is -4.88. The number of hydrogen-bond donors (Lipinski definition) is 24. The molecule has 120 heavy (non-hydrogen) atoms. The van der Waals surface area contributed by atoms with Crippen molar-refractivity contribution in [1.29, 1.82) is 0 Å². The molecule has 0 aromatic carbocycles. The summed E-state index contributed by atoms with van der Waals surface area (Å²) in [5, 5.41) is 233. The average Bonchev–Trinajstić information content (AvgIpc) is 0.738. The molecule has 6 fully saturated rings. The minimum atomic E-state index is -3.47. The number of rotatable bonds is 55. The van der Waals surface area contributed by atoms with Gasteiger partial charge < -0.3 is 180 Å². The van der Waals surface area contributed by atoms with E-state index in [1.807, 2.05) is 6.08 Å². The summed E-state index contributed by atoms with van der Waals surface area (Å²) in [6.07, 6.45) is -28.9. The van der Waals surface area contributed by atoms with E-state index in [4.69, 9.17) is 56.8 Å². The van der Waals surface area contributed by atoms with E-state index in [-0.39, 0.29) is 12.3 Å². The van der Waals surface area contributed by atoms with Gasteiger partial charge in [-0.25, -0.2) is 4.79 Å². The molecule has 41 heteroatoms. The molecule has 0 saturated carbocycles. The first-order valence-corrected chi connectivity index (χ1v) is 42.8. The molecule has 0 aromatic rings. The molecule has 0 bridgehead atoms. The van der Waals surface area contributed by atoms with Crippen molar-refractivity contribution in [3.8, 4) is 0 Å². The number of nitrogens with one attached hydrogen (secondary N) is 4. The van der Waals surface area contributed by atoms with Gasteiger partial charge in [0.05, 0.1) is 70.5 Å². The number of unbranched alkanes of at least 4 members (excludes halogenated alkanes) is 23. The first-order chi connectivity index (χ1) is 57.4. The molecule has 6 rings (SSSR count). The van der Waals surface area contributed by atoms with Crippen LogP contribution < -0.4 is 21.3 Å². The lowest BCUT2D eigenvalue weighted by Gasteiger charge is -2.53. The van der Waals surface area contributed by atoms with Crippen LogP contribution in [-0.2, 0) is 80.8 Å². The van der Waals surface area contributed by atoms with Crippen molar-refractivity contribution in [3.63, 3.8) is 0 Å². The quantitative estimate of drug-likeness (QED) is 0.0201. The summed E-state index contributed by atoms with van der Waals surface area (Å²) < 4.78 is 72.1. The molecular weight excluding hydrogens is 1600 g/mol. The Hall–Kier alpha value is -4.15. The van der Waals surface area contributed by atoms with E-state index < -0.39 is 285 Å². The summed E-state index contributed by atoms with van der Waals surface area (Å²) >= 11 is 0. The fraction of sp³-hybridized carbons (Fsp3) is 0.911. The number of amides is 4. The van der Waals surface area contributed by atoms with Gasteiger partial charge in [-0.2, -0.15) is 0 Å². The second-order valence-electron chi connectivity index (χ2n) is 32.1. The summed E-state index contributed by atoms with van der Waals surface area (Å²) in [5.74, 6) is -9.19. The summed E-state index contributed by atoms with van der Waals surface area (Å²) in [5.41, 5.74) is 0. The Labute approximate surface area is 699 Å². The number of hydrogen-bond acceptors (Lipinski definition) is 36. The second kappa shape index (κ2) is 54.1. The number of carboxylic acid groups (broad SMARTS) is 1. The van der Waals surface area contributed by atoms with Crippen LogP contribution in [0.15, 0.2) is 12.2 Å². The molecule has 4 amide bonds. The number of carbonyl (C=O) groups excluding carboxylic acids is 4. The van der Waals surface area contributed by atoms with Crippen LogP contribution >= 0.6 is 0 Å². The number of aliphatic hydroxyl groups excluding tert-OH is 19. The van der Waals surface area contributed by atoms with Crippen molar-refractivity contribution in [1.82, 2.24) is 21.3 Å². The molecule has 41 nitrogen and oxygen atoms in total.